The van der Waals surface area contributed by atoms with Crippen molar-refractivity contribution in [3.05, 3.63) is 71.0 Å². The number of fused-ring (bicyclic) bond motifs is 1. The fourth-order valence-corrected chi connectivity index (χ4v) is 2.99. The Hall–Kier alpha value is -2.14. The van der Waals surface area contributed by atoms with Crippen molar-refractivity contribution in [2.45, 2.75) is 24.7 Å². The molecule has 0 radical (unpaired) electrons. The highest BCUT2D eigenvalue weighted by Gasteiger charge is 2.39. The zero-order valence-corrected chi connectivity index (χ0v) is 10.6. The number of aryl methyl sites for hydroxylation is 1. The van der Waals surface area contributed by atoms with Gasteiger partial charge in [0.2, 0.25) is 0 Å². The Morgan fingerprint density at radius 3 is 2.63 bits per heavy atom. The molecule has 2 heteroatoms. The minimum atomic E-state index is -0.571. The Bertz CT molecular complexity index is 656. The highest BCUT2D eigenvalue weighted by molar-refractivity contribution is 5.45. The Morgan fingerprint density at radius 2 is 1.84 bits per heavy atom. The van der Waals surface area contributed by atoms with Gasteiger partial charge in [0.15, 0.2) is 0 Å². The van der Waals surface area contributed by atoms with Gasteiger partial charge in [0.05, 0.1) is 11.5 Å². The lowest BCUT2D eigenvalue weighted by Gasteiger charge is -2.22. The summed E-state index contributed by atoms with van der Waals surface area (Å²) in [6.45, 7) is 0. The van der Waals surface area contributed by atoms with Gasteiger partial charge < -0.3 is 0 Å². The number of hydrogen-bond donors (Lipinski definition) is 0. The van der Waals surface area contributed by atoms with E-state index in [9.17, 15) is 9.65 Å². The summed E-state index contributed by atoms with van der Waals surface area (Å²) in [4.78, 5) is 0. The molecule has 1 unspecified atom stereocenters. The van der Waals surface area contributed by atoms with Crippen molar-refractivity contribution in [3.8, 4) is 6.07 Å². The van der Waals surface area contributed by atoms with Crippen LogP contribution >= 0.6 is 0 Å². The van der Waals surface area contributed by atoms with Crippen molar-refractivity contribution in [1.29, 1.82) is 5.26 Å². The van der Waals surface area contributed by atoms with E-state index in [1.807, 2.05) is 24.3 Å². The maximum absolute atomic E-state index is 13.8. The van der Waals surface area contributed by atoms with Crippen LogP contribution in [0.4, 0.5) is 4.39 Å². The normalized spacial score (nSPS) is 20.8. The molecule has 0 heterocycles. The van der Waals surface area contributed by atoms with Gasteiger partial charge in [-0.15, -0.1) is 0 Å². The smallest absolute Gasteiger partial charge is 0.126 e. The second kappa shape index (κ2) is 4.51. The van der Waals surface area contributed by atoms with Gasteiger partial charge in [0, 0.05) is 0 Å². The molecule has 0 bridgehead atoms. The third kappa shape index (κ3) is 1.92. The molecule has 2 aromatic carbocycles. The molecule has 1 nitrogen and oxygen atoms in total. The quantitative estimate of drug-likeness (QED) is 0.797. The number of hydrogen-bond acceptors (Lipinski definition) is 1. The van der Waals surface area contributed by atoms with Crippen LogP contribution in [0.15, 0.2) is 48.5 Å². The highest BCUT2D eigenvalue weighted by Crippen LogP contribution is 2.41. The van der Waals surface area contributed by atoms with Gasteiger partial charge in [-0.3, -0.25) is 0 Å². The molecule has 19 heavy (non-hydrogen) atoms. The van der Waals surface area contributed by atoms with Crippen molar-refractivity contribution >= 4 is 0 Å². The Kier molecular flexibility index (Phi) is 2.83. The number of nitriles is 1. The summed E-state index contributed by atoms with van der Waals surface area (Å²) in [5.74, 6) is -0.221. The Balaban J connectivity index is 2.04. The van der Waals surface area contributed by atoms with E-state index in [0.29, 0.717) is 12.0 Å². The molecule has 3 rings (SSSR count). The van der Waals surface area contributed by atoms with Gasteiger partial charge >= 0.3 is 0 Å². The third-order valence-corrected chi connectivity index (χ3v) is 4.02. The molecule has 1 aliphatic rings. The van der Waals surface area contributed by atoms with Crippen molar-refractivity contribution in [2.24, 2.45) is 0 Å². The standard InChI is InChI=1S/C17H14FN/c18-16-8-4-2-6-14(16)11-17(12-19)10-9-13-5-1-3-7-15(13)17/h1-8H,9-11H2. The average molecular weight is 251 g/mol. The first-order valence-corrected chi connectivity index (χ1v) is 6.48. The van der Waals surface area contributed by atoms with Gasteiger partial charge in [-0.2, -0.15) is 5.26 Å². The molecule has 0 spiro atoms. The van der Waals surface area contributed by atoms with E-state index in [1.165, 1.54) is 11.6 Å². The van der Waals surface area contributed by atoms with E-state index < -0.39 is 5.41 Å². The predicted octanol–water partition coefficient (Wildman–Crippen LogP) is 3.78. The lowest BCUT2D eigenvalue weighted by Crippen LogP contribution is -2.24. The van der Waals surface area contributed by atoms with Crippen LogP contribution in [0.1, 0.15) is 23.1 Å². The molecule has 0 fully saturated rings. The van der Waals surface area contributed by atoms with Gasteiger partial charge in [-0.05, 0) is 42.0 Å². The molecule has 0 aromatic heterocycles. The fourth-order valence-electron chi connectivity index (χ4n) is 2.99. The lowest BCUT2D eigenvalue weighted by atomic mass is 9.78. The van der Waals surface area contributed by atoms with Crippen LogP contribution in [0.25, 0.3) is 0 Å². The van der Waals surface area contributed by atoms with Gasteiger partial charge in [-0.25, -0.2) is 4.39 Å². The largest absolute Gasteiger partial charge is 0.207 e. The summed E-state index contributed by atoms with van der Waals surface area (Å²) < 4.78 is 13.8. The van der Waals surface area contributed by atoms with Crippen LogP contribution in [0.2, 0.25) is 0 Å². The number of rotatable bonds is 2. The van der Waals surface area contributed by atoms with Crippen LogP contribution in [0, 0.1) is 17.1 Å². The van der Waals surface area contributed by atoms with E-state index in [1.54, 1.807) is 12.1 Å². The topological polar surface area (TPSA) is 23.8 Å². The van der Waals surface area contributed by atoms with Crippen LogP contribution in [0.5, 0.6) is 0 Å². The van der Waals surface area contributed by atoms with E-state index in [2.05, 4.69) is 12.1 Å². The number of nitrogens with zero attached hydrogens (tertiary/aromatic N) is 1. The third-order valence-electron chi connectivity index (χ3n) is 4.02. The van der Waals surface area contributed by atoms with Crippen LogP contribution in [0.3, 0.4) is 0 Å². The molecule has 0 amide bonds. The molecule has 0 saturated carbocycles. The molecule has 1 aliphatic carbocycles. The highest BCUT2D eigenvalue weighted by atomic mass is 19.1. The predicted molar refractivity (Wildman–Crippen MR) is 72.2 cm³/mol. The minimum absolute atomic E-state index is 0.221. The maximum Gasteiger partial charge on any atom is 0.126 e. The first kappa shape index (κ1) is 11.9. The molecule has 2 aromatic rings. The molecule has 0 N–H and O–H groups in total. The fraction of sp³-hybridized carbons (Fsp3) is 0.235. The molecule has 94 valence electrons. The Morgan fingerprint density at radius 1 is 1.11 bits per heavy atom. The van der Waals surface area contributed by atoms with Crippen molar-refractivity contribution < 1.29 is 4.39 Å². The second-order valence-electron chi connectivity index (χ2n) is 5.12. The summed E-state index contributed by atoms with van der Waals surface area (Å²) in [7, 11) is 0. The number of benzene rings is 2. The molecule has 0 saturated heterocycles. The van der Waals surface area contributed by atoms with E-state index >= 15 is 0 Å². The monoisotopic (exact) mass is 251 g/mol. The summed E-state index contributed by atoms with van der Waals surface area (Å²) in [5.41, 5.74) is 2.35. The Labute approximate surface area is 112 Å². The summed E-state index contributed by atoms with van der Waals surface area (Å²) in [6.07, 6.45) is 2.13. The van der Waals surface area contributed by atoms with Gasteiger partial charge in [0.25, 0.3) is 0 Å². The van der Waals surface area contributed by atoms with Crippen molar-refractivity contribution in [3.63, 3.8) is 0 Å². The zero-order valence-electron chi connectivity index (χ0n) is 10.6. The van der Waals surface area contributed by atoms with E-state index in [4.69, 9.17) is 0 Å². The van der Waals surface area contributed by atoms with Crippen LogP contribution in [-0.2, 0) is 18.3 Å². The van der Waals surface area contributed by atoms with Crippen LogP contribution in [-0.4, -0.2) is 0 Å². The summed E-state index contributed by atoms with van der Waals surface area (Å²) in [6, 6.07) is 17.2. The van der Waals surface area contributed by atoms with E-state index in [0.717, 1.165) is 18.4 Å². The zero-order chi connectivity index (χ0) is 13.3. The minimum Gasteiger partial charge on any atom is -0.207 e. The second-order valence-corrected chi connectivity index (χ2v) is 5.12. The molecule has 1 atom stereocenters. The summed E-state index contributed by atoms with van der Waals surface area (Å²) >= 11 is 0. The van der Waals surface area contributed by atoms with Crippen LogP contribution < -0.4 is 0 Å². The molecular formula is C17H14FN. The van der Waals surface area contributed by atoms with E-state index in [-0.39, 0.29) is 5.82 Å². The lowest BCUT2D eigenvalue weighted by molar-refractivity contribution is 0.517. The maximum atomic E-state index is 13.8. The summed E-state index contributed by atoms with van der Waals surface area (Å²) in [5, 5.41) is 9.64. The van der Waals surface area contributed by atoms with Crippen molar-refractivity contribution in [1.82, 2.24) is 0 Å². The van der Waals surface area contributed by atoms with Gasteiger partial charge in [-0.1, -0.05) is 42.5 Å². The molecule has 0 aliphatic heterocycles. The van der Waals surface area contributed by atoms with Crippen molar-refractivity contribution in [2.75, 3.05) is 0 Å². The molecular weight excluding hydrogens is 237 g/mol. The average Bonchev–Trinajstić information content (AvgIpc) is 2.81. The first-order valence-electron chi connectivity index (χ1n) is 6.48. The van der Waals surface area contributed by atoms with Gasteiger partial charge in [0.1, 0.15) is 5.82 Å². The SMILES string of the molecule is N#CC1(Cc2ccccc2F)CCc2ccccc21. The first-order chi connectivity index (χ1) is 9.25. The number of halogens is 1.